The van der Waals surface area contributed by atoms with Crippen LogP contribution in [0.3, 0.4) is 0 Å². The van der Waals surface area contributed by atoms with Gasteiger partial charge in [0.15, 0.2) is 0 Å². The fraction of sp³-hybridized carbons (Fsp3) is 0.417. The lowest BCUT2D eigenvalue weighted by molar-refractivity contribution is 0.0527. The summed E-state index contributed by atoms with van der Waals surface area (Å²) in [4.78, 5) is 16.4. The molecular formula is C24H32ClN3O2. The van der Waals surface area contributed by atoms with Crippen molar-refractivity contribution in [3.63, 3.8) is 0 Å². The highest BCUT2D eigenvalue weighted by molar-refractivity contribution is 6.07. The van der Waals surface area contributed by atoms with Gasteiger partial charge in [0, 0.05) is 23.9 Å². The molecule has 2 aromatic carbocycles. The third kappa shape index (κ3) is 6.77. The Kier molecular flexibility index (Phi) is 8.72. The minimum Gasteiger partial charge on any atom is -0.444 e. The van der Waals surface area contributed by atoms with Crippen molar-refractivity contribution >= 4 is 46.0 Å². The lowest BCUT2D eigenvalue weighted by Crippen LogP contribution is -2.32. The first-order valence-corrected chi connectivity index (χ1v) is 10.4. The van der Waals surface area contributed by atoms with E-state index in [1.807, 2.05) is 32.9 Å². The van der Waals surface area contributed by atoms with Crippen LogP contribution in [0, 0.1) is 0 Å². The highest BCUT2D eigenvalue weighted by Gasteiger charge is 2.15. The second-order valence-electron chi connectivity index (χ2n) is 8.29. The normalized spacial score (nSPS) is 11.2. The zero-order valence-corrected chi connectivity index (χ0v) is 18.8. The summed E-state index contributed by atoms with van der Waals surface area (Å²) in [5.74, 6) is 0. The fourth-order valence-corrected chi connectivity index (χ4v) is 3.35. The van der Waals surface area contributed by atoms with Gasteiger partial charge < -0.3 is 15.4 Å². The number of rotatable bonds is 8. The van der Waals surface area contributed by atoms with Crippen LogP contribution in [0.15, 0.2) is 48.5 Å². The van der Waals surface area contributed by atoms with Crippen LogP contribution in [0.1, 0.15) is 46.5 Å². The Morgan fingerprint density at radius 2 is 1.40 bits per heavy atom. The zero-order chi connectivity index (χ0) is 20.7. The Balaban J connectivity index is 0.00000320. The van der Waals surface area contributed by atoms with Crippen LogP contribution in [-0.4, -0.2) is 29.8 Å². The van der Waals surface area contributed by atoms with Crippen molar-refractivity contribution in [1.29, 1.82) is 0 Å². The summed E-state index contributed by atoms with van der Waals surface area (Å²) in [6.07, 6.45) is 3.90. The van der Waals surface area contributed by atoms with Gasteiger partial charge in [-0.2, -0.15) is 0 Å². The van der Waals surface area contributed by atoms with Crippen molar-refractivity contribution in [3.8, 4) is 0 Å². The predicted molar refractivity (Wildman–Crippen MR) is 128 cm³/mol. The maximum atomic E-state index is 11.6. The number of hydrogen-bond acceptors (Lipinski definition) is 4. The van der Waals surface area contributed by atoms with Crippen molar-refractivity contribution in [3.05, 3.63) is 48.5 Å². The van der Waals surface area contributed by atoms with Crippen molar-refractivity contribution in [2.75, 3.05) is 18.4 Å². The molecule has 0 unspecified atom stereocenters. The number of hydrogen-bond donors (Lipinski definition) is 2. The predicted octanol–water partition coefficient (Wildman–Crippen LogP) is 6.31. The minimum atomic E-state index is -0.447. The molecule has 162 valence electrons. The number of ether oxygens (including phenoxy) is 1. The van der Waals surface area contributed by atoms with E-state index in [1.165, 1.54) is 0 Å². The van der Waals surface area contributed by atoms with E-state index >= 15 is 0 Å². The molecule has 0 aliphatic rings. The number of amides is 1. The van der Waals surface area contributed by atoms with E-state index < -0.39 is 5.60 Å². The Labute approximate surface area is 185 Å². The van der Waals surface area contributed by atoms with Gasteiger partial charge in [0.2, 0.25) is 0 Å². The molecule has 1 heterocycles. The molecule has 5 nitrogen and oxygen atoms in total. The van der Waals surface area contributed by atoms with E-state index in [2.05, 4.69) is 47.0 Å². The van der Waals surface area contributed by atoms with Gasteiger partial charge in [-0.25, -0.2) is 9.78 Å². The van der Waals surface area contributed by atoms with Crippen LogP contribution < -0.4 is 10.6 Å². The molecule has 6 heteroatoms. The molecule has 1 amide bonds. The molecule has 0 aliphatic carbocycles. The van der Waals surface area contributed by atoms with Gasteiger partial charge in [-0.1, -0.05) is 49.2 Å². The number of unbranched alkanes of at least 4 members (excludes halogenated alkanes) is 3. The first-order valence-electron chi connectivity index (χ1n) is 10.4. The van der Waals surface area contributed by atoms with Crippen molar-refractivity contribution < 1.29 is 9.53 Å². The Morgan fingerprint density at radius 3 is 1.97 bits per heavy atom. The van der Waals surface area contributed by atoms with Gasteiger partial charge in [-0.15, -0.1) is 12.4 Å². The lowest BCUT2D eigenvalue weighted by Gasteiger charge is -2.19. The number of halogens is 1. The summed E-state index contributed by atoms with van der Waals surface area (Å²) in [6, 6.07) is 16.5. The topological polar surface area (TPSA) is 63.2 Å². The summed E-state index contributed by atoms with van der Waals surface area (Å²) < 4.78 is 5.24. The van der Waals surface area contributed by atoms with Gasteiger partial charge in [-0.05, 0) is 45.7 Å². The van der Waals surface area contributed by atoms with Crippen molar-refractivity contribution in [1.82, 2.24) is 10.3 Å². The Morgan fingerprint density at radius 1 is 0.867 bits per heavy atom. The SMILES string of the molecule is CC(C)(C)OC(=O)NCCCCCCNc1c2ccccc2nc2ccccc12.Cl. The molecule has 30 heavy (non-hydrogen) atoms. The average molecular weight is 430 g/mol. The second-order valence-corrected chi connectivity index (χ2v) is 8.29. The maximum absolute atomic E-state index is 11.6. The van der Waals surface area contributed by atoms with Gasteiger partial charge in [0.1, 0.15) is 5.60 Å². The van der Waals surface area contributed by atoms with E-state index in [9.17, 15) is 4.79 Å². The van der Waals surface area contributed by atoms with Gasteiger partial charge >= 0.3 is 6.09 Å². The number of fused-ring (bicyclic) bond motifs is 2. The van der Waals surface area contributed by atoms with Crippen LogP contribution in [0.4, 0.5) is 10.5 Å². The number of aromatic nitrogens is 1. The van der Waals surface area contributed by atoms with Crippen LogP contribution >= 0.6 is 12.4 Å². The Bertz CT molecular complexity index is 915. The maximum Gasteiger partial charge on any atom is 0.407 e. The third-order valence-electron chi connectivity index (χ3n) is 4.66. The molecule has 0 spiro atoms. The van der Waals surface area contributed by atoms with E-state index in [-0.39, 0.29) is 18.5 Å². The lowest BCUT2D eigenvalue weighted by atomic mass is 10.1. The molecule has 3 rings (SSSR count). The molecule has 3 aromatic rings. The summed E-state index contributed by atoms with van der Waals surface area (Å²) in [5, 5.41) is 8.77. The standard InChI is InChI=1S/C24H31N3O2.ClH/c1-24(2,3)29-23(28)26-17-11-5-4-10-16-25-22-18-12-6-8-14-20(18)27-21-15-9-7-13-19(21)22;/h6-9,12-15H,4-5,10-11,16-17H2,1-3H3,(H,25,27)(H,26,28);1H. The van der Waals surface area contributed by atoms with Gasteiger partial charge in [-0.3, -0.25) is 0 Å². The largest absolute Gasteiger partial charge is 0.444 e. The zero-order valence-electron chi connectivity index (χ0n) is 18.0. The number of nitrogens with one attached hydrogen (secondary N) is 2. The molecule has 2 N–H and O–H groups in total. The van der Waals surface area contributed by atoms with Crippen LogP contribution in [0.5, 0.6) is 0 Å². The quantitative estimate of drug-likeness (QED) is 0.325. The third-order valence-corrected chi connectivity index (χ3v) is 4.66. The number of pyridine rings is 1. The van der Waals surface area contributed by atoms with Crippen LogP contribution in [0.25, 0.3) is 21.8 Å². The monoisotopic (exact) mass is 429 g/mol. The van der Waals surface area contributed by atoms with Gasteiger partial charge in [0.25, 0.3) is 0 Å². The number of nitrogens with zero attached hydrogens (tertiary/aromatic N) is 1. The molecule has 1 aromatic heterocycles. The first kappa shape index (κ1) is 23.7. The molecular weight excluding hydrogens is 398 g/mol. The number of benzene rings is 2. The van der Waals surface area contributed by atoms with Gasteiger partial charge in [0.05, 0.1) is 16.7 Å². The molecule has 0 aliphatic heterocycles. The number of anilines is 1. The minimum absolute atomic E-state index is 0. The molecule has 0 atom stereocenters. The van der Waals surface area contributed by atoms with E-state index in [0.29, 0.717) is 6.54 Å². The van der Waals surface area contributed by atoms with Crippen LogP contribution in [-0.2, 0) is 4.74 Å². The highest BCUT2D eigenvalue weighted by Crippen LogP contribution is 2.30. The summed E-state index contributed by atoms with van der Waals surface area (Å²) in [5.41, 5.74) is 2.75. The molecule has 0 bridgehead atoms. The highest BCUT2D eigenvalue weighted by atomic mass is 35.5. The van der Waals surface area contributed by atoms with E-state index in [1.54, 1.807) is 0 Å². The smallest absolute Gasteiger partial charge is 0.407 e. The van der Waals surface area contributed by atoms with Crippen LogP contribution in [0.2, 0.25) is 0 Å². The molecule has 0 fully saturated rings. The molecule has 0 radical (unpaired) electrons. The molecule has 0 saturated heterocycles. The number of para-hydroxylation sites is 2. The van der Waals surface area contributed by atoms with Crippen molar-refractivity contribution in [2.45, 2.75) is 52.1 Å². The number of carbonyl (C=O) groups is 1. The number of alkyl carbamates (subject to hydrolysis) is 1. The Hall–Kier alpha value is -2.53. The summed E-state index contributed by atoms with van der Waals surface area (Å²) >= 11 is 0. The van der Waals surface area contributed by atoms with E-state index in [0.717, 1.165) is 59.7 Å². The molecule has 0 saturated carbocycles. The first-order chi connectivity index (χ1) is 13.9. The summed E-state index contributed by atoms with van der Waals surface area (Å²) in [6.45, 7) is 7.18. The van der Waals surface area contributed by atoms with Crippen molar-refractivity contribution in [2.24, 2.45) is 0 Å². The average Bonchev–Trinajstić information content (AvgIpc) is 2.67. The summed E-state index contributed by atoms with van der Waals surface area (Å²) in [7, 11) is 0. The number of carbonyl (C=O) groups excluding carboxylic acids is 1. The van der Waals surface area contributed by atoms with E-state index in [4.69, 9.17) is 9.72 Å². The second kappa shape index (κ2) is 11.0. The fourth-order valence-electron chi connectivity index (χ4n) is 3.35.